The van der Waals surface area contributed by atoms with E-state index < -0.39 is 22.8 Å². The first-order valence-electron chi connectivity index (χ1n) is 7.74. The maximum Gasteiger partial charge on any atom is 0.237 e. The number of nitrogens with zero attached hydrogens (tertiary/aromatic N) is 3. The van der Waals surface area contributed by atoms with Crippen molar-refractivity contribution >= 4 is 23.4 Å². The zero-order chi connectivity index (χ0) is 19.6. The molecule has 0 saturated carbocycles. The molecule has 6 nitrogen and oxygen atoms in total. The number of carbonyl (C=O) groups is 1. The molecule has 0 spiro atoms. The molecule has 1 heterocycles. The van der Waals surface area contributed by atoms with Gasteiger partial charge in [0.05, 0.1) is 5.25 Å². The summed E-state index contributed by atoms with van der Waals surface area (Å²) in [5.41, 5.74) is 0.699. The molecule has 3 N–H and O–H groups in total. The highest BCUT2D eigenvalue weighted by Gasteiger charge is 2.20. The van der Waals surface area contributed by atoms with Crippen molar-refractivity contribution in [2.45, 2.75) is 17.3 Å². The molecule has 1 amide bonds. The van der Waals surface area contributed by atoms with Crippen molar-refractivity contribution in [2.75, 3.05) is 11.2 Å². The smallest absolute Gasteiger partial charge is 0.237 e. The summed E-state index contributed by atoms with van der Waals surface area (Å²) in [5.74, 6) is 3.38. The molecule has 0 radical (unpaired) electrons. The Morgan fingerprint density at radius 2 is 1.81 bits per heavy atom. The van der Waals surface area contributed by atoms with E-state index in [0.717, 1.165) is 23.9 Å². The average molecular weight is 393 g/mol. The third-order valence-corrected chi connectivity index (χ3v) is 4.66. The zero-order valence-electron chi connectivity index (χ0n) is 14.0. The van der Waals surface area contributed by atoms with Crippen LogP contribution in [0.5, 0.6) is 0 Å². The van der Waals surface area contributed by atoms with Crippen molar-refractivity contribution in [1.82, 2.24) is 14.9 Å². The van der Waals surface area contributed by atoms with Crippen LogP contribution in [0.15, 0.2) is 47.6 Å². The maximum atomic E-state index is 13.2. The lowest BCUT2D eigenvalue weighted by molar-refractivity contribution is -0.115. The standard InChI is InChI=1S/C17H14F3N5OS/c1-9(16(26)22-12-6-7-13(19)14(20)8-12)27-17-24-23-15(25(17)21)10-2-4-11(18)5-3-10/h2-9H,21H2,1H3,(H,22,26)/t9-/m0/s1. The lowest BCUT2D eigenvalue weighted by atomic mass is 10.2. The van der Waals surface area contributed by atoms with Crippen LogP contribution in [0.2, 0.25) is 0 Å². The van der Waals surface area contributed by atoms with Gasteiger partial charge < -0.3 is 11.2 Å². The Kier molecular flexibility index (Phi) is 5.36. The van der Waals surface area contributed by atoms with Gasteiger partial charge in [0.1, 0.15) is 5.82 Å². The Bertz CT molecular complexity index is 977. The number of halogens is 3. The number of anilines is 1. The number of carbonyl (C=O) groups excluding carboxylic acids is 1. The van der Waals surface area contributed by atoms with Crippen LogP contribution in [0.1, 0.15) is 6.92 Å². The average Bonchev–Trinajstić information content (AvgIpc) is 2.99. The minimum atomic E-state index is -1.06. The Labute approximate surface area is 156 Å². The fourth-order valence-electron chi connectivity index (χ4n) is 2.18. The van der Waals surface area contributed by atoms with Crippen molar-refractivity contribution in [3.8, 4) is 11.4 Å². The van der Waals surface area contributed by atoms with Crippen LogP contribution < -0.4 is 11.2 Å². The van der Waals surface area contributed by atoms with Crippen LogP contribution in [0.4, 0.5) is 18.9 Å². The summed E-state index contributed by atoms with van der Waals surface area (Å²) in [6.07, 6.45) is 0. The van der Waals surface area contributed by atoms with Gasteiger partial charge in [-0.05, 0) is 43.3 Å². The molecular weight excluding hydrogens is 379 g/mol. The molecule has 0 aliphatic carbocycles. The minimum Gasteiger partial charge on any atom is -0.335 e. The molecule has 0 saturated heterocycles. The Hall–Kier alpha value is -3.01. The fraction of sp³-hybridized carbons (Fsp3) is 0.118. The number of amides is 1. The first-order valence-corrected chi connectivity index (χ1v) is 8.62. The summed E-state index contributed by atoms with van der Waals surface area (Å²) in [6, 6.07) is 8.64. The predicted octanol–water partition coefficient (Wildman–Crippen LogP) is 3.20. The molecule has 140 valence electrons. The normalized spacial score (nSPS) is 12.0. The van der Waals surface area contributed by atoms with Crippen molar-refractivity contribution in [3.63, 3.8) is 0 Å². The Balaban J connectivity index is 1.70. The predicted molar refractivity (Wildman–Crippen MR) is 95.9 cm³/mol. The SMILES string of the molecule is C[C@H](Sc1nnc(-c2ccc(F)cc2)n1N)C(=O)Nc1ccc(F)c(F)c1. The highest BCUT2D eigenvalue weighted by molar-refractivity contribution is 8.00. The van der Waals surface area contributed by atoms with E-state index in [1.165, 1.54) is 35.0 Å². The van der Waals surface area contributed by atoms with E-state index in [4.69, 9.17) is 5.84 Å². The van der Waals surface area contributed by atoms with Crippen LogP contribution >= 0.6 is 11.8 Å². The Morgan fingerprint density at radius 3 is 2.48 bits per heavy atom. The van der Waals surface area contributed by atoms with E-state index in [-0.39, 0.29) is 16.7 Å². The minimum absolute atomic E-state index is 0.132. The van der Waals surface area contributed by atoms with E-state index in [1.54, 1.807) is 6.92 Å². The summed E-state index contributed by atoms with van der Waals surface area (Å²) < 4.78 is 40.4. The second-order valence-corrected chi connectivity index (χ2v) is 6.87. The van der Waals surface area contributed by atoms with Crippen LogP contribution in [-0.2, 0) is 4.79 Å². The van der Waals surface area contributed by atoms with Crippen LogP contribution in [0.3, 0.4) is 0 Å². The van der Waals surface area contributed by atoms with Gasteiger partial charge in [-0.2, -0.15) is 0 Å². The van der Waals surface area contributed by atoms with E-state index in [2.05, 4.69) is 15.5 Å². The topological polar surface area (TPSA) is 85.8 Å². The van der Waals surface area contributed by atoms with Gasteiger partial charge in [-0.1, -0.05) is 11.8 Å². The highest BCUT2D eigenvalue weighted by Crippen LogP contribution is 2.25. The molecule has 27 heavy (non-hydrogen) atoms. The van der Waals surface area contributed by atoms with Gasteiger partial charge in [-0.25, -0.2) is 17.8 Å². The van der Waals surface area contributed by atoms with E-state index in [1.807, 2.05) is 0 Å². The van der Waals surface area contributed by atoms with Crippen molar-refractivity contribution in [2.24, 2.45) is 0 Å². The number of benzene rings is 2. The molecule has 1 aromatic heterocycles. The largest absolute Gasteiger partial charge is 0.335 e. The molecule has 10 heteroatoms. The first-order chi connectivity index (χ1) is 12.8. The van der Waals surface area contributed by atoms with Crippen LogP contribution in [0, 0.1) is 17.5 Å². The zero-order valence-corrected chi connectivity index (χ0v) is 14.8. The summed E-state index contributed by atoms with van der Waals surface area (Å²) in [6.45, 7) is 1.60. The molecule has 3 rings (SSSR count). The number of nitrogens with two attached hydrogens (primary N) is 1. The summed E-state index contributed by atoms with van der Waals surface area (Å²) in [4.78, 5) is 12.3. The lowest BCUT2D eigenvalue weighted by Crippen LogP contribution is -2.23. The number of rotatable bonds is 5. The third kappa shape index (κ3) is 4.22. The maximum absolute atomic E-state index is 13.2. The summed E-state index contributed by atoms with van der Waals surface area (Å²) in [5, 5.41) is 10.00. The molecule has 1 atom stereocenters. The quantitative estimate of drug-likeness (QED) is 0.514. The van der Waals surface area contributed by atoms with Gasteiger partial charge in [0, 0.05) is 17.3 Å². The van der Waals surface area contributed by atoms with Crippen LogP contribution in [0.25, 0.3) is 11.4 Å². The third-order valence-electron chi connectivity index (χ3n) is 3.61. The van der Waals surface area contributed by atoms with Gasteiger partial charge >= 0.3 is 0 Å². The van der Waals surface area contributed by atoms with E-state index >= 15 is 0 Å². The Morgan fingerprint density at radius 1 is 1.11 bits per heavy atom. The molecule has 0 fully saturated rings. The van der Waals surface area contributed by atoms with Gasteiger partial charge in [0.25, 0.3) is 0 Å². The van der Waals surface area contributed by atoms with Crippen LogP contribution in [-0.4, -0.2) is 26.0 Å². The number of hydrogen-bond donors (Lipinski definition) is 2. The second-order valence-electron chi connectivity index (χ2n) is 5.56. The van der Waals surface area contributed by atoms with Gasteiger partial charge in [0.2, 0.25) is 11.1 Å². The monoisotopic (exact) mass is 393 g/mol. The molecule has 3 aromatic rings. The molecule has 0 aliphatic heterocycles. The highest BCUT2D eigenvalue weighted by atomic mass is 32.2. The molecule has 0 bridgehead atoms. The lowest BCUT2D eigenvalue weighted by Gasteiger charge is -2.11. The van der Waals surface area contributed by atoms with E-state index in [0.29, 0.717) is 11.4 Å². The molecule has 0 aliphatic rings. The number of hydrogen-bond acceptors (Lipinski definition) is 5. The van der Waals surface area contributed by atoms with E-state index in [9.17, 15) is 18.0 Å². The number of nitrogen functional groups attached to an aromatic ring is 1. The number of thioether (sulfide) groups is 1. The summed E-state index contributed by atoms with van der Waals surface area (Å²) >= 11 is 1.03. The number of aromatic nitrogens is 3. The fourth-order valence-corrected chi connectivity index (χ4v) is 2.95. The number of nitrogens with one attached hydrogen (secondary N) is 1. The van der Waals surface area contributed by atoms with Gasteiger partial charge in [0.15, 0.2) is 17.5 Å². The second kappa shape index (κ2) is 7.70. The molecule has 0 unspecified atom stereocenters. The van der Waals surface area contributed by atoms with Gasteiger partial charge in [-0.3, -0.25) is 4.79 Å². The molecular formula is C17H14F3N5OS. The van der Waals surface area contributed by atoms with Gasteiger partial charge in [-0.15, -0.1) is 10.2 Å². The van der Waals surface area contributed by atoms with Crippen molar-refractivity contribution in [1.29, 1.82) is 0 Å². The van der Waals surface area contributed by atoms with Crippen molar-refractivity contribution in [3.05, 3.63) is 59.9 Å². The summed E-state index contributed by atoms with van der Waals surface area (Å²) in [7, 11) is 0. The molecule has 2 aromatic carbocycles. The first kappa shape index (κ1) is 18.8. The van der Waals surface area contributed by atoms with Crippen molar-refractivity contribution < 1.29 is 18.0 Å².